The molecule has 0 aliphatic rings. The molecule has 23 heavy (non-hydrogen) atoms. The second-order valence-corrected chi connectivity index (χ2v) is 6.58. The molecule has 122 valence electrons. The summed E-state index contributed by atoms with van der Waals surface area (Å²) in [6.45, 7) is 1.26. The number of hydrogen-bond acceptors (Lipinski definition) is 2. The van der Waals surface area contributed by atoms with Crippen molar-refractivity contribution in [3.63, 3.8) is 0 Å². The summed E-state index contributed by atoms with van der Waals surface area (Å²) in [6.07, 6.45) is 1.31. The molecule has 0 bridgehead atoms. The number of carbonyl (C=O) groups excluding carboxylic acids is 1. The average Bonchev–Trinajstić information content (AvgIpc) is 2.51. The summed E-state index contributed by atoms with van der Waals surface area (Å²) in [4.78, 5) is 17.5. The van der Waals surface area contributed by atoms with Gasteiger partial charge in [0.2, 0.25) is 0 Å². The van der Waals surface area contributed by atoms with E-state index < -0.39 is 0 Å². The third-order valence-electron chi connectivity index (χ3n) is 3.23. The van der Waals surface area contributed by atoms with E-state index in [0.29, 0.717) is 6.54 Å². The fourth-order valence-electron chi connectivity index (χ4n) is 2.14. The second kappa shape index (κ2) is 7.97. The van der Waals surface area contributed by atoms with Gasteiger partial charge in [0.05, 0.1) is 29.2 Å². The highest BCUT2D eigenvalue weighted by molar-refractivity contribution is 6.48. The predicted molar refractivity (Wildman–Crippen MR) is 93.4 cm³/mol. The van der Waals surface area contributed by atoms with Gasteiger partial charge in [-0.2, -0.15) is 0 Å². The van der Waals surface area contributed by atoms with E-state index in [9.17, 15) is 4.79 Å². The number of pyridine rings is 1. The molecule has 0 radical (unpaired) electrons. The van der Waals surface area contributed by atoms with E-state index in [4.69, 9.17) is 34.8 Å². The molecule has 2 N–H and O–H groups in total. The Morgan fingerprint density at radius 2 is 1.78 bits per heavy atom. The highest BCUT2D eigenvalue weighted by atomic mass is 35.5. The van der Waals surface area contributed by atoms with E-state index in [1.807, 2.05) is 18.2 Å². The zero-order valence-electron chi connectivity index (χ0n) is 12.8. The number of quaternary nitrogens is 1. The van der Waals surface area contributed by atoms with Crippen LogP contribution in [-0.4, -0.2) is 25.0 Å². The largest absolute Gasteiger partial charge is 0.347 e. The number of aromatic nitrogens is 1. The first kappa shape index (κ1) is 18.0. The minimum atomic E-state index is -0.388. The molecule has 1 aromatic heterocycles. The molecule has 0 fully saturated rings. The molecular weight excluding hydrogens is 357 g/mol. The first-order valence-corrected chi connectivity index (χ1v) is 8.17. The van der Waals surface area contributed by atoms with Gasteiger partial charge < -0.3 is 10.2 Å². The summed E-state index contributed by atoms with van der Waals surface area (Å²) in [7, 11) is 4.16. The molecule has 1 amide bonds. The first-order valence-electron chi connectivity index (χ1n) is 7.03. The summed E-state index contributed by atoms with van der Waals surface area (Å²) in [6, 6.07) is 7.97. The van der Waals surface area contributed by atoms with Gasteiger partial charge in [-0.1, -0.05) is 59.1 Å². The smallest absolute Gasteiger partial charge is 0.271 e. The van der Waals surface area contributed by atoms with E-state index in [0.717, 1.165) is 12.1 Å². The fourth-order valence-corrected chi connectivity index (χ4v) is 2.71. The lowest BCUT2D eigenvalue weighted by atomic mass is 10.1. The number of amides is 1. The van der Waals surface area contributed by atoms with E-state index in [2.05, 4.69) is 30.5 Å². The van der Waals surface area contributed by atoms with Gasteiger partial charge in [0.1, 0.15) is 12.2 Å². The third-order valence-corrected chi connectivity index (χ3v) is 4.47. The molecule has 2 aromatic rings. The second-order valence-electron chi connectivity index (χ2n) is 5.42. The first-order chi connectivity index (χ1) is 10.9. The van der Waals surface area contributed by atoms with E-state index in [-0.39, 0.29) is 26.7 Å². The summed E-state index contributed by atoms with van der Waals surface area (Å²) in [5.74, 6) is -0.388. The Balaban J connectivity index is 2.13. The zero-order valence-corrected chi connectivity index (χ0v) is 15.1. The quantitative estimate of drug-likeness (QED) is 0.846. The van der Waals surface area contributed by atoms with Crippen molar-refractivity contribution in [1.29, 1.82) is 0 Å². The van der Waals surface area contributed by atoms with Gasteiger partial charge in [-0.25, -0.2) is 4.98 Å². The van der Waals surface area contributed by atoms with Crippen molar-refractivity contribution < 1.29 is 9.69 Å². The van der Waals surface area contributed by atoms with Crippen LogP contribution in [0.25, 0.3) is 0 Å². The van der Waals surface area contributed by atoms with Crippen LogP contribution in [0, 0.1) is 0 Å². The van der Waals surface area contributed by atoms with Crippen molar-refractivity contribution in [2.75, 3.05) is 14.1 Å². The van der Waals surface area contributed by atoms with Crippen LogP contribution in [0.15, 0.2) is 30.5 Å². The molecule has 0 atom stereocenters. The van der Waals surface area contributed by atoms with E-state index >= 15 is 0 Å². The molecule has 0 aliphatic heterocycles. The van der Waals surface area contributed by atoms with Crippen LogP contribution < -0.4 is 10.2 Å². The normalized spacial score (nSPS) is 10.9. The number of carbonyl (C=O) groups is 1. The summed E-state index contributed by atoms with van der Waals surface area (Å²) in [5, 5.41) is 3.22. The summed E-state index contributed by atoms with van der Waals surface area (Å²) < 4.78 is 0. The minimum Gasteiger partial charge on any atom is -0.347 e. The van der Waals surface area contributed by atoms with Gasteiger partial charge in [0.15, 0.2) is 0 Å². The SMILES string of the molecule is C[NH+](C)Cc1ccccc1CNC(=O)c1ncc(Cl)c(Cl)c1Cl. The summed E-state index contributed by atoms with van der Waals surface area (Å²) >= 11 is 17.8. The van der Waals surface area contributed by atoms with E-state index in [1.165, 1.54) is 16.7 Å². The van der Waals surface area contributed by atoms with Crippen LogP contribution in [0.4, 0.5) is 0 Å². The summed E-state index contributed by atoms with van der Waals surface area (Å²) in [5.41, 5.74) is 2.30. The highest BCUT2D eigenvalue weighted by Crippen LogP contribution is 2.30. The van der Waals surface area contributed by atoms with Gasteiger partial charge in [0, 0.05) is 18.3 Å². The Hall–Kier alpha value is -1.33. The van der Waals surface area contributed by atoms with Gasteiger partial charge >= 0.3 is 0 Å². The number of benzene rings is 1. The third kappa shape index (κ3) is 4.58. The Labute approximate surface area is 150 Å². The number of nitrogens with one attached hydrogen (secondary N) is 2. The standard InChI is InChI=1S/C16H16Cl3N3O/c1-22(2)9-11-6-4-3-5-10(11)7-21-16(23)15-14(19)13(18)12(17)8-20-15/h3-6,8H,7,9H2,1-2H3,(H,21,23)/p+1. The molecule has 0 aliphatic carbocycles. The zero-order chi connectivity index (χ0) is 17.0. The van der Waals surface area contributed by atoms with Crippen LogP contribution in [0.2, 0.25) is 15.1 Å². The Bertz CT molecular complexity index is 720. The van der Waals surface area contributed by atoms with E-state index in [1.54, 1.807) is 0 Å². The number of hydrogen-bond donors (Lipinski definition) is 2. The lowest BCUT2D eigenvalue weighted by molar-refractivity contribution is -0.872. The predicted octanol–water partition coefficient (Wildman–Crippen LogP) is 2.62. The fraction of sp³-hybridized carbons (Fsp3) is 0.250. The average molecular weight is 374 g/mol. The lowest BCUT2D eigenvalue weighted by Gasteiger charge is -2.13. The molecule has 7 heteroatoms. The maximum Gasteiger partial charge on any atom is 0.271 e. The van der Waals surface area contributed by atoms with Crippen LogP contribution in [0.5, 0.6) is 0 Å². The van der Waals surface area contributed by atoms with Crippen molar-refractivity contribution in [2.45, 2.75) is 13.1 Å². The molecule has 4 nitrogen and oxygen atoms in total. The van der Waals surface area contributed by atoms with Crippen molar-refractivity contribution in [3.8, 4) is 0 Å². The maximum atomic E-state index is 12.3. The van der Waals surface area contributed by atoms with Crippen molar-refractivity contribution in [2.24, 2.45) is 0 Å². The molecule has 1 aromatic carbocycles. The molecule has 0 saturated heterocycles. The van der Waals surface area contributed by atoms with Gasteiger partial charge in [-0.05, 0) is 5.56 Å². The number of rotatable bonds is 5. The molecule has 1 heterocycles. The maximum absolute atomic E-state index is 12.3. The molecule has 0 unspecified atom stereocenters. The molecule has 0 spiro atoms. The lowest BCUT2D eigenvalue weighted by Crippen LogP contribution is -3.04. The van der Waals surface area contributed by atoms with Crippen LogP contribution >= 0.6 is 34.8 Å². The number of nitrogens with zero attached hydrogens (tertiary/aromatic N) is 1. The van der Waals surface area contributed by atoms with Crippen LogP contribution in [0.1, 0.15) is 21.6 Å². The Morgan fingerprint density at radius 1 is 1.13 bits per heavy atom. The topological polar surface area (TPSA) is 46.4 Å². The van der Waals surface area contributed by atoms with Gasteiger partial charge in [0.25, 0.3) is 5.91 Å². The Kier molecular flexibility index (Phi) is 6.25. The number of halogens is 3. The van der Waals surface area contributed by atoms with Gasteiger partial charge in [-0.15, -0.1) is 0 Å². The van der Waals surface area contributed by atoms with Crippen LogP contribution in [0.3, 0.4) is 0 Å². The van der Waals surface area contributed by atoms with Crippen LogP contribution in [-0.2, 0) is 13.1 Å². The van der Waals surface area contributed by atoms with Crippen molar-refractivity contribution in [1.82, 2.24) is 10.3 Å². The molecular formula is C16H17Cl3N3O+. The highest BCUT2D eigenvalue weighted by Gasteiger charge is 2.17. The van der Waals surface area contributed by atoms with Crippen molar-refractivity contribution in [3.05, 3.63) is 62.4 Å². The Morgan fingerprint density at radius 3 is 2.43 bits per heavy atom. The monoisotopic (exact) mass is 372 g/mol. The van der Waals surface area contributed by atoms with Gasteiger partial charge in [-0.3, -0.25) is 4.79 Å². The minimum absolute atomic E-state index is 0.0580. The molecule has 2 rings (SSSR count). The molecule has 0 saturated carbocycles. The van der Waals surface area contributed by atoms with Crippen molar-refractivity contribution >= 4 is 40.7 Å².